The first-order chi connectivity index (χ1) is 18.2. The van der Waals surface area contributed by atoms with E-state index in [9.17, 15) is 23.1 Å². The molecule has 2 amide bonds. The predicted octanol–water partition coefficient (Wildman–Crippen LogP) is 1.96. The summed E-state index contributed by atoms with van der Waals surface area (Å²) in [6, 6.07) is 12.8. The summed E-state index contributed by atoms with van der Waals surface area (Å²) >= 11 is 1.27. The third-order valence-corrected chi connectivity index (χ3v) is 7.70. The van der Waals surface area contributed by atoms with Gasteiger partial charge in [0.15, 0.2) is 11.5 Å². The van der Waals surface area contributed by atoms with Crippen LogP contribution in [-0.4, -0.2) is 69.5 Å². The number of phenolic OH excluding ortho intramolecular Hbond substituents is 1. The Hall–Kier alpha value is -3.42. The van der Waals surface area contributed by atoms with Crippen LogP contribution in [0.4, 0.5) is 0 Å². The van der Waals surface area contributed by atoms with Crippen molar-refractivity contribution < 1.29 is 32.6 Å². The lowest BCUT2D eigenvalue weighted by molar-refractivity contribution is -0.116. The number of hydrogen-bond donors (Lipinski definition) is 4. The summed E-state index contributed by atoms with van der Waals surface area (Å²) < 4.78 is 38.3. The van der Waals surface area contributed by atoms with Crippen molar-refractivity contribution in [3.63, 3.8) is 0 Å². The van der Waals surface area contributed by atoms with E-state index in [1.165, 1.54) is 43.5 Å². The minimum absolute atomic E-state index is 0.0890. The van der Waals surface area contributed by atoms with Crippen LogP contribution in [0, 0.1) is 0 Å². The number of nitrogens with zero attached hydrogens (tertiary/aromatic N) is 1. The van der Waals surface area contributed by atoms with Crippen LogP contribution in [0.5, 0.6) is 17.2 Å². The van der Waals surface area contributed by atoms with E-state index in [4.69, 9.17) is 9.47 Å². The number of hydrogen-bond acceptors (Lipinski definition) is 9. The van der Waals surface area contributed by atoms with Crippen molar-refractivity contribution in [1.82, 2.24) is 19.7 Å². The van der Waals surface area contributed by atoms with Crippen LogP contribution in [0.1, 0.15) is 29.3 Å². The number of aryl methyl sites for hydroxylation is 1. The van der Waals surface area contributed by atoms with Crippen molar-refractivity contribution in [2.45, 2.75) is 25.1 Å². The Morgan fingerprint density at radius 3 is 2.39 bits per heavy atom. The van der Waals surface area contributed by atoms with E-state index in [1.54, 1.807) is 11.8 Å². The normalized spacial score (nSPS) is 14.8. The summed E-state index contributed by atoms with van der Waals surface area (Å²) in [5.41, 5.74) is 1.50. The Morgan fingerprint density at radius 2 is 1.79 bits per heavy atom. The third-order valence-electron chi connectivity index (χ3n) is 5.61. The van der Waals surface area contributed by atoms with Gasteiger partial charge in [-0.1, -0.05) is 37.3 Å². The molecule has 11 nitrogen and oxygen atoms in total. The zero-order valence-corrected chi connectivity index (χ0v) is 23.0. The standard InChI is InChI=1S/C25H32N4O7S2/c1-4-26-38(33,34)28-24(31)19-16-37-22(27-19)15-29(12-8-11-17-9-6-5-7-10-17)25(32)18-13-20(35-2)23(30)21(14-18)36-3/h5-7,9-10,13-14,16,22,26-27,30H,4,8,11-12,15H2,1-3H3,(H,28,31). The van der Waals surface area contributed by atoms with Crippen LogP contribution in [0.15, 0.2) is 53.6 Å². The minimum atomic E-state index is -3.96. The number of carbonyl (C=O) groups is 2. The molecule has 4 N–H and O–H groups in total. The van der Waals surface area contributed by atoms with Crippen LogP contribution in [-0.2, 0) is 21.4 Å². The summed E-state index contributed by atoms with van der Waals surface area (Å²) in [4.78, 5) is 27.7. The van der Waals surface area contributed by atoms with Crippen LogP contribution in [0.3, 0.4) is 0 Å². The number of aromatic hydroxyl groups is 1. The second kappa shape index (κ2) is 13.4. The molecule has 1 heterocycles. The quantitative estimate of drug-likeness (QED) is 0.287. The minimum Gasteiger partial charge on any atom is -0.502 e. The Labute approximate surface area is 226 Å². The van der Waals surface area contributed by atoms with E-state index in [-0.39, 0.29) is 52.9 Å². The highest BCUT2D eigenvalue weighted by atomic mass is 32.2. The van der Waals surface area contributed by atoms with Gasteiger partial charge in [-0.05, 0) is 30.5 Å². The van der Waals surface area contributed by atoms with Gasteiger partial charge in [0.25, 0.3) is 11.8 Å². The molecule has 0 aromatic heterocycles. The molecule has 0 saturated heterocycles. The number of amides is 2. The fourth-order valence-electron chi connectivity index (χ4n) is 3.80. The number of thioether (sulfide) groups is 1. The lowest BCUT2D eigenvalue weighted by Gasteiger charge is -2.27. The maximum Gasteiger partial charge on any atom is 0.301 e. The molecule has 1 atom stereocenters. The first-order valence-electron chi connectivity index (χ1n) is 11.9. The molecule has 0 radical (unpaired) electrons. The van der Waals surface area contributed by atoms with Crippen LogP contribution in [0.2, 0.25) is 0 Å². The molecule has 2 aromatic carbocycles. The second-order valence-corrected chi connectivity index (χ2v) is 10.9. The van der Waals surface area contributed by atoms with Crippen molar-refractivity contribution in [1.29, 1.82) is 0 Å². The number of nitrogens with one attached hydrogen (secondary N) is 3. The van der Waals surface area contributed by atoms with Gasteiger partial charge in [-0.2, -0.15) is 13.1 Å². The average molecular weight is 565 g/mol. The first-order valence-corrected chi connectivity index (χ1v) is 14.3. The third kappa shape index (κ3) is 7.79. The molecule has 3 rings (SSSR count). The Morgan fingerprint density at radius 1 is 1.13 bits per heavy atom. The van der Waals surface area contributed by atoms with Gasteiger partial charge >= 0.3 is 10.2 Å². The van der Waals surface area contributed by atoms with E-state index < -0.39 is 16.1 Å². The van der Waals surface area contributed by atoms with E-state index in [2.05, 4.69) is 10.0 Å². The van der Waals surface area contributed by atoms with Crippen molar-refractivity contribution in [3.05, 3.63) is 64.7 Å². The number of rotatable bonds is 13. The van der Waals surface area contributed by atoms with Gasteiger partial charge in [-0.25, -0.2) is 4.72 Å². The highest BCUT2D eigenvalue weighted by Gasteiger charge is 2.28. The van der Waals surface area contributed by atoms with Crippen LogP contribution >= 0.6 is 11.8 Å². The molecular formula is C25H32N4O7S2. The van der Waals surface area contributed by atoms with Crippen molar-refractivity contribution in [2.24, 2.45) is 0 Å². The van der Waals surface area contributed by atoms with E-state index >= 15 is 0 Å². The van der Waals surface area contributed by atoms with E-state index in [0.717, 1.165) is 12.0 Å². The smallest absolute Gasteiger partial charge is 0.301 e. The second-order valence-electron chi connectivity index (χ2n) is 8.30. The molecule has 0 fully saturated rings. The number of ether oxygens (including phenoxy) is 2. The van der Waals surface area contributed by atoms with Gasteiger partial charge in [0.2, 0.25) is 5.75 Å². The molecule has 0 spiro atoms. The van der Waals surface area contributed by atoms with Gasteiger partial charge in [0, 0.05) is 24.1 Å². The zero-order valence-electron chi connectivity index (χ0n) is 21.4. The van der Waals surface area contributed by atoms with Gasteiger partial charge in [0.1, 0.15) is 5.70 Å². The average Bonchev–Trinajstić information content (AvgIpc) is 3.37. The molecule has 0 aliphatic carbocycles. The summed E-state index contributed by atoms with van der Waals surface area (Å²) in [5.74, 6) is -1.11. The Bertz CT molecular complexity index is 1240. The molecule has 0 saturated carbocycles. The monoisotopic (exact) mass is 564 g/mol. The van der Waals surface area contributed by atoms with Crippen molar-refractivity contribution >= 4 is 33.8 Å². The highest BCUT2D eigenvalue weighted by Crippen LogP contribution is 2.37. The van der Waals surface area contributed by atoms with Gasteiger partial charge in [0.05, 0.1) is 26.1 Å². The van der Waals surface area contributed by atoms with Gasteiger partial charge in [-0.3, -0.25) is 9.59 Å². The van der Waals surface area contributed by atoms with Gasteiger partial charge < -0.3 is 24.8 Å². The SMILES string of the molecule is CCNS(=O)(=O)NC(=O)C1=CSC(CN(CCCc2ccccc2)C(=O)c2cc(OC)c(O)c(OC)c2)N1. The number of phenols is 1. The van der Waals surface area contributed by atoms with Gasteiger partial charge in [-0.15, -0.1) is 11.8 Å². The van der Waals surface area contributed by atoms with Crippen LogP contribution < -0.4 is 24.2 Å². The lowest BCUT2D eigenvalue weighted by Crippen LogP contribution is -2.45. The fraction of sp³-hybridized carbons (Fsp3) is 0.360. The topological polar surface area (TPSA) is 146 Å². The molecule has 2 aromatic rings. The molecule has 1 aliphatic rings. The molecule has 13 heteroatoms. The largest absolute Gasteiger partial charge is 0.502 e. The van der Waals surface area contributed by atoms with Crippen molar-refractivity contribution in [3.8, 4) is 17.2 Å². The van der Waals surface area contributed by atoms with Crippen LogP contribution in [0.25, 0.3) is 0 Å². The van der Waals surface area contributed by atoms with E-state index in [1.807, 2.05) is 35.1 Å². The molecule has 0 bridgehead atoms. The maximum absolute atomic E-state index is 13.6. The van der Waals surface area contributed by atoms with Crippen molar-refractivity contribution in [2.75, 3.05) is 33.9 Å². The fourth-order valence-corrected chi connectivity index (χ4v) is 5.54. The lowest BCUT2D eigenvalue weighted by atomic mass is 10.1. The summed E-state index contributed by atoms with van der Waals surface area (Å²) in [6.45, 7) is 2.37. The molecule has 1 unspecified atom stereocenters. The summed E-state index contributed by atoms with van der Waals surface area (Å²) in [6.07, 6.45) is 1.44. The number of methoxy groups -OCH3 is 2. The summed E-state index contributed by atoms with van der Waals surface area (Å²) in [5, 5.41) is 14.4. The number of benzene rings is 2. The molecular weight excluding hydrogens is 532 g/mol. The highest BCUT2D eigenvalue weighted by molar-refractivity contribution is 8.03. The first kappa shape index (κ1) is 29.1. The molecule has 206 valence electrons. The Balaban J connectivity index is 1.74. The Kier molecular flexibility index (Phi) is 10.3. The number of carbonyl (C=O) groups excluding carboxylic acids is 2. The zero-order chi connectivity index (χ0) is 27.7. The summed E-state index contributed by atoms with van der Waals surface area (Å²) in [7, 11) is -1.20. The molecule has 1 aliphatic heterocycles. The molecule has 38 heavy (non-hydrogen) atoms. The maximum atomic E-state index is 13.6. The predicted molar refractivity (Wildman–Crippen MR) is 145 cm³/mol. The van der Waals surface area contributed by atoms with E-state index in [0.29, 0.717) is 13.0 Å².